The highest BCUT2D eigenvalue weighted by Crippen LogP contribution is 2.29. The number of hydrogen-bond donors (Lipinski definition) is 1. The van der Waals surface area contributed by atoms with Gasteiger partial charge in [-0.3, -0.25) is 14.8 Å². The Balaban J connectivity index is 1.92. The van der Waals surface area contributed by atoms with E-state index in [0.29, 0.717) is 11.1 Å². The summed E-state index contributed by atoms with van der Waals surface area (Å²) in [6.07, 6.45) is 0. The van der Waals surface area contributed by atoms with E-state index in [4.69, 9.17) is 0 Å². The van der Waals surface area contributed by atoms with Crippen LogP contribution in [0.4, 0.5) is 11.4 Å². The maximum absolute atomic E-state index is 13.1. The summed E-state index contributed by atoms with van der Waals surface area (Å²) in [6, 6.07) is 11.8. The second-order valence-electron chi connectivity index (χ2n) is 7.47. The number of nitrogens with one attached hydrogen (secondary N) is 1. The van der Waals surface area contributed by atoms with Gasteiger partial charge in [0.05, 0.1) is 19.6 Å². The first-order valence-electron chi connectivity index (χ1n) is 9.54. The van der Waals surface area contributed by atoms with Gasteiger partial charge in [-0.1, -0.05) is 6.07 Å². The zero-order chi connectivity index (χ0) is 23.8. The second-order valence-corrected chi connectivity index (χ2v) is 11.0. The van der Waals surface area contributed by atoms with Crippen molar-refractivity contribution < 1.29 is 21.8 Å². The Morgan fingerprint density at radius 1 is 0.750 bits per heavy atom. The molecule has 0 spiro atoms. The molecule has 168 valence electrons. The van der Waals surface area contributed by atoms with Gasteiger partial charge in [0.25, 0.3) is 15.7 Å². The first-order chi connectivity index (χ1) is 14.8. The fourth-order valence-electron chi connectivity index (χ4n) is 3.38. The number of hydrogen-bond acceptors (Lipinski definition) is 6. The number of benzene rings is 3. The van der Waals surface area contributed by atoms with Crippen LogP contribution < -0.4 is 4.72 Å². The van der Waals surface area contributed by atoms with Crippen molar-refractivity contribution in [3.05, 3.63) is 87.0 Å². The number of non-ortho nitro benzene ring substituents is 1. The van der Waals surface area contributed by atoms with Gasteiger partial charge in [-0.2, -0.15) is 0 Å². The summed E-state index contributed by atoms with van der Waals surface area (Å²) in [4.78, 5) is 10.2. The van der Waals surface area contributed by atoms with Crippen LogP contribution in [0.1, 0.15) is 22.3 Å². The molecule has 0 radical (unpaired) electrons. The molecule has 0 bridgehead atoms. The predicted octanol–water partition coefficient (Wildman–Crippen LogP) is 4.46. The van der Waals surface area contributed by atoms with Gasteiger partial charge in [0.1, 0.15) is 0 Å². The number of sulfone groups is 1. The second kappa shape index (κ2) is 8.36. The van der Waals surface area contributed by atoms with Crippen LogP contribution in [0.3, 0.4) is 0 Å². The van der Waals surface area contributed by atoms with Gasteiger partial charge in [-0.15, -0.1) is 0 Å². The number of nitro groups is 1. The van der Waals surface area contributed by atoms with Gasteiger partial charge in [0.2, 0.25) is 9.84 Å². The molecule has 10 heteroatoms. The Morgan fingerprint density at radius 2 is 1.19 bits per heavy atom. The average molecular weight is 475 g/mol. The molecule has 3 aromatic rings. The number of sulfonamides is 1. The van der Waals surface area contributed by atoms with Gasteiger partial charge >= 0.3 is 0 Å². The predicted molar refractivity (Wildman–Crippen MR) is 121 cm³/mol. The Bertz CT molecular complexity index is 1380. The molecule has 0 atom stereocenters. The number of anilines is 1. The lowest BCUT2D eigenvalue weighted by molar-refractivity contribution is -0.384. The van der Waals surface area contributed by atoms with Gasteiger partial charge in [0.15, 0.2) is 0 Å². The van der Waals surface area contributed by atoms with E-state index in [0.717, 1.165) is 35.4 Å². The third-order valence-corrected chi connectivity index (χ3v) is 8.78. The van der Waals surface area contributed by atoms with Crippen LogP contribution in [0.5, 0.6) is 0 Å². The Morgan fingerprint density at radius 3 is 1.62 bits per heavy atom. The van der Waals surface area contributed by atoms with Crippen molar-refractivity contribution in [1.29, 1.82) is 0 Å². The highest BCUT2D eigenvalue weighted by Gasteiger charge is 2.23. The first kappa shape index (κ1) is 23.4. The van der Waals surface area contributed by atoms with Crippen molar-refractivity contribution >= 4 is 31.2 Å². The molecule has 0 aromatic heterocycles. The zero-order valence-electron chi connectivity index (χ0n) is 17.9. The van der Waals surface area contributed by atoms with E-state index in [9.17, 15) is 26.9 Å². The highest BCUT2D eigenvalue weighted by molar-refractivity contribution is 7.93. The van der Waals surface area contributed by atoms with E-state index in [2.05, 4.69) is 4.72 Å². The Hall–Kier alpha value is -3.24. The van der Waals surface area contributed by atoms with Crippen molar-refractivity contribution in [3.8, 4) is 0 Å². The van der Waals surface area contributed by atoms with E-state index in [-0.39, 0.29) is 26.1 Å². The molecule has 0 aliphatic rings. The lowest BCUT2D eigenvalue weighted by Crippen LogP contribution is -2.17. The van der Waals surface area contributed by atoms with Crippen LogP contribution in [0, 0.1) is 37.8 Å². The maximum Gasteiger partial charge on any atom is 0.269 e. The zero-order valence-corrected chi connectivity index (χ0v) is 19.5. The topological polar surface area (TPSA) is 123 Å². The molecule has 0 amide bonds. The summed E-state index contributed by atoms with van der Waals surface area (Å²) in [6.45, 7) is 7.18. The molecule has 0 saturated heterocycles. The van der Waals surface area contributed by atoms with Crippen molar-refractivity contribution in [3.63, 3.8) is 0 Å². The molecule has 0 aliphatic carbocycles. The van der Waals surface area contributed by atoms with Gasteiger partial charge in [0, 0.05) is 17.8 Å². The molecule has 3 aromatic carbocycles. The SMILES string of the molecule is Cc1cc(C)c(C)c(S(=O)(=O)Nc2ccc(S(=O)(=O)c3ccc([N+](=O)[O-])cc3)cc2)c1C. The largest absolute Gasteiger partial charge is 0.280 e. The summed E-state index contributed by atoms with van der Waals surface area (Å²) in [5.74, 6) is 0. The molecule has 0 aliphatic heterocycles. The van der Waals surface area contributed by atoms with E-state index in [1.165, 1.54) is 24.3 Å². The normalized spacial score (nSPS) is 11.9. The van der Waals surface area contributed by atoms with Gasteiger partial charge in [-0.05, 0) is 86.3 Å². The average Bonchev–Trinajstić information content (AvgIpc) is 2.72. The van der Waals surface area contributed by atoms with Crippen molar-refractivity contribution in [2.24, 2.45) is 0 Å². The fraction of sp³-hybridized carbons (Fsp3) is 0.182. The summed E-state index contributed by atoms with van der Waals surface area (Å²) in [5, 5.41) is 10.8. The van der Waals surface area contributed by atoms with Crippen LogP contribution in [0.15, 0.2) is 69.3 Å². The molecule has 0 fully saturated rings. The van der Waals surface area contributed by atoms with Crippen molar-refractivity contribution in [2.45, 2.75) is 42.4 Å². The smallest absolute Gasteiger partial charge is 0.269 e. The van der Waals surface area contributed by atoms with E-state index < -0.39 is 24.8 Å². The Kier molecular flexibility index (Phi) is 6.12. The molecular weight excluding hydrogens is 452 g/mol. The highest BCUT2D eigenvalue weighted by atomic mass is 32.2. The van der Waals surface area contributed by atoms with E-state index in [1.54, 1.807) is 13.8 Å². The molecule has 0 heterocycles. The Labute approximate surface area is 187 Å². The molecule has 3 rings (SSSR count). The van der Waals surface area contributed by atoms with Crippen LogP contribution >= 0.6 is 0 Å². The summed E-state index contributed by atoms with van der Waals surface area (Å²) < 4.78 is 54.2. The minimum Gasteiger partial charge on any atom is -0.280 e. The molecule has 8 nitrogen and oxygen atoms in total. The lowest BCUT2D eigenvalue weighted by Gasteiger charge is -2.17. The minimum absolute atomic E-state index is 0.0620. The van der Waals surface area contributed by atoms with Crippen LogP contribution in [0.2, 0.25) is 0 Å². The summed E-state index contributed by atoms with van der Waals surface area (Å²) in [7, 11) is -7.81. The third-order valence-electron chi connectivity index (χ3n) is 5.34. The summed E-state index contributed by atoms with van der Waals surface area (Å²) in [5.41, 5.74) is 3.02. The quantitative estimate of drug-likeness (QED) is 0.415. The minimum atomic E-state index is -3.92. The molecular formula is C22H22N2O6S2. The van der Waals surface area contributed by atoms with Crippen molar-refractivity contribution in [2.75, 3.05) is 4.72 Å². The first-order valence-corrected chi connectivity index (χ1v) is 12.5. The molecule has 1 N–H and O–H groups in total. The monoisotopic (exact) mass is 474 g/mol. The number of nitrogens with zero attached hydrogens (tertiary/aromatic N) is 1. The van der Waals surface area contributed by atoms with Crippen LogP contribution in [-0.4, -0.2) is 21.8 Å². The summed E-state index contributed by atoms with van der Waals surface area (Å²) >= 11 is 0. The fourth-order valence-corrected chi connectivity index (χ4v) is 6.31. The van der Waals surface area contributed by atoms with Crippen molar-refractivity contribution in [1.82, 2.24) is 0 Å². The third kappa shape index (κ3) is 4.37. The molecule has 0 unspecified atom stereocenters. The number of rotatable bonds is 6. The molecule has 32 heavy (non-hydrogen) atoms. The standard InChI is InChI=1S/C22H22N2O6S2/c1-14-13-15(2)17(4)22(16(14)3)32(29,30)23-18-5-9-20(10-6-18)31(27,28)21-11-7-19(8-12-21)24(25)26/h5-13,23H,1-4H3. The van der Waals surface area contributed by atoms with E-state index in [1.807, 2.05) is 19.9 Å². The lowest BCUT2D eigenvalue weighted by atomic mass is 10.0. The van der Waals surface area contributed by atoms with E-state index >= 15 is 0 Å². The van der Waals surface area contributed by atoms with Gasteiger partial charge < -0.3 is 0 Å². The number of nitro benzene ring substituents is 1. The maximum atomic E-state index is 13.1. The van der Waals surface area contributed by atoms with Crippen LogP contribution in [0.25, 0.3) is 0 Å². The number of aryl methyl sites for hydroxylation is 2. The molecule has 0 saturated carbocycles. The van der Waals surface area contributed by atoms with Crippen LogP contribution in [-0.2, 0) is 19.9 Å². The van der Waals surface area contributed by atoms with Gasteiger partial charge in [-0.25, -0.2) is 16.8 Å².